The highest BCUT2D eigenvalue weighted by Gasteiger charge is 2.05. The Morgan fingerprint density at radius 2 is 2.20 bits per heavy atom. The molecule has 0 aliphatic heterocycles. The van der Waals surface area contributed by atoms with Crippen LogP contribution < -0.4 is 10.2 Å². The Hall–Kier alpha value is -0.330. The van der Waals surface area contributed by atoms with Crippen molar-refractivity contribution in [2.45, 2.75) is 17.7 Å². The number of hydrogen-bond donors (Lipinski definition) is 1. The normalized spacial score (nSPS) is 10.6. The van der Waals surface area contributed by atoms with Gasteiger partial charge in [0.05, 0.1) is 0 Å². The Kier molecular flexibility index (Phi) is 5.97. The molecule has 0 aliphatic carbocycles. The van der Waals surface area contributed by atoms with Crippen LogP contribution >= 0.6 is 23.1 Å². The molecule has 0 unspecified atom stereocenters. The van der Waals surface area contributed by atoms with E-state index < -0.39 is 0 Å². The van der Waals surface area contributed by atoms with Crippen molar-refractivity contribution in [1.82, 2.24) is 15.5 Å². The monoisotopic (exact) mass is 246 g/mol. The molecule has 0 aromatic carbocycles. The van der Waals surface area contributed by atoms with E-state index in [1.54, 1.807) is 23.1 Å². The number of aromatic nitrogens is 2. The highest BCUT2D eigenvalue weighted by atomic mass is 32.2. The third-order valence-electron chi connectivity index (χ3n) is 1.75. The largest absolute Gasteiger partial charge is 0.353 e. The average molecular weight is 246 g/mol. The van der Waals surface area contributed by atoms with Gasteiger partial charge in [0.25, 0.3) is 0 Å². The fourth-order valence-electron chi connectivity index (χ4n) is 0.975. The van der Waals surface area contributed by atoms with E-state index >= 15 is 0 Å². The maximum Gasteiger partial charge on any atom is 0.208 e. The minimum Gasteiger partial charge on any atom is -0.353 e. The van der Waals surface area contributed by atoms with Gasteiger partial charge in [-0.3, -0.25) is 0 Å². The first kappa shape index (κ1) is 12.7. The molecule has 0 radical (unpaired) electrons. The molecular weight excluding hydrogens is 228 g/mol. The number of nitrogens with one attached hydrogen (secondary N) is 1. The summed E-state index contributed by atoms with van der Waals surface area (Å²) in [7, 11) is 3.97. The Labute approximate surface area is 99.5 Å². The van der Waals surface area contributed by atoms with Gasteiger partial charge < -0.3 is 10.2 Å². The third-order valence-corrected chi connectivity index (χ3v) is 4.06. The minimum absolute atomic E-state index is 0.976. The first-order valence-electron chi connectivity index (χ1n) is 5.08. The van der Waals surface area contributed by atoms with Gasteiger partial charge in [-0.05, 0) is 19.5 Å². The summed E-state index contributed by atoms with van der Waals surface area (Å²) in [5.74, 6) is 1.11. The van der Waals surface area contributed by atoms with E-state index in [1.165, 1.54) is 6.42 Å². The summed E-state index contributed by atoms with van der Waals surface area (Å²) in [6.07, 6.45) is 1.18. The highest BCUT2D eigenvalue weighted by molar-refractivity contribution is 8.01. The molecule has 1 rings (SSSR count). The quantitative estimate of drug-likeness (QED) is 0.586. The predicted molar refractivity (Wildman–Crippen MR) is 68.1 cm³/mol. The molecule has 15 heavy (non-hydrogen) atoms. The van der Waals surface area contributed by atoms with Gasteiger partial charge in [-0.2, -0.15) is 0 Å². The van der Waals surface area contributed by atoms with E-state index in [2.05, 4.69) is 22.4 Å². The van der Waals surface area contributed by atoms with Crippen LogP contribution in [0.5, 0.6) is 0 Å². The highest BCUT2D eigenvalue weighted by Crippen LogP contribution is 2.26. The fraction of sp³-hybridized carbons (Fsp3) is 0.778. The second kappa shape index (κ2) is 7.03. The zero-order valence-electron chi connectivity index (χ0n) is 9.49. The van der Waals surface area contributed by atoms with Crippen molar-refractivity contribution >= 4 is 28.2 Å². The summed E-state index contributed by atoms with van der Waals surface area (Å²) in [6, 6.07) is 0. The van der Waals surface area contributed by atoms with E-state index in [-0.39, 0.29) is 0 Å². The van der Waals surface area contributed by atoms with E-state index in [4.69, 9.17) is 0 Å². The molecule has 1 N–H and O–H groups in total. The molecule has 0 saturated carbocycles. The molecular formula is C9H18N4S2. The van der Waals surface area contributed by atoms with Gasteiger partial charge in [0, 0.05) is 19.8 Å². The third kappa shape index (κ3) is 4.81. The molecule has 1 aromatic heterocycles. The maximum atomic E-state index is 4.12. The topological polar surface area (TPSA) is 41.1 Å². The lowest BCUT2D eigenvalue weighted by atomic mass is 10.5. The van der Waals surface area contributed by atoms with Crippen molar-refractivity contribution < 1.29 is 0 Å². The Morgan fingerprint density at radius 1 is 1.40 bits per heavy atom. The van der Waals surface area contributed by atoms with Crippen molar-refractivity contribution in [3.63, 3.8) is 0 Å². The fourth-order valence-corrected chi connectivity index (χ4v) is 2.75. The van der Waals surface area contributed by atoms with E-state index in [0.717, 1.165) is 28.3 Å². The van der Waals surface area contributed by atoms with Crippen LogP contribution in [-0.2, 0) is 0 Å². The van der Waals surface area contributed by atoms with Crippen molar-refractivity contribution in [1.29, 1.82) is 0 Å². The van der Waals surface area contributed by atoms with Crippen molar-refractivity contribution in [3.8, 4) is 0 Å². The molecule has 0 atom stereocenters. The molecule has 0 aliphatic rings. The van der Waals surface area contributed by atoms with Crippen molar-refractivity contribution in [2.24, 2.45) is 0 Å². The van der Waals surface area contributed by atoms with Gasteiger partial charge in [-0.15, -0.1) is 10.2 Å². The maximum absolute atomic E-state index is 4.12. The molecule has 1 aromatic rings. The summed E-state index contributed by atoms with van der Waals surface area (Å²) in [5.41, 5.74) is 0. The number of thioether (sulfide) groups is 1. The molecule has 4 nitrogen and oxygen atoms in total. The standard InChI is InChI=1S/C9H18N4S2/c1-4-10-6-5-7-14-9-12-11-8(15-9)13(2)3/h10H,4-7H2,1-3H3. The summed E-state index contributed by atoms with van der Waals surface area (Å²) in [6.45, 7) is 4.26. The smallest absolute Gasteiger partial charge is 0.208 e. The second-order valence-electron chi connectivity index (χ2n) is 3.30. The van der Waals surface area contributed by atoms with Gasteiger partial charge in [-0.1, -0.05) is 30.0 Å². The minimum atomic E-state index is 0.976. The first-order chi connectivity index (χ1) is 7.24. The number of anilines is 1. The van der Waals surface area contributed by atoms with Crippen LogP contribution in [-0.4, -0.2) is 43.1 Å². The molecule has 0 amide bonds. The van der Waals surface area contributed by atoms with E-state index in [1.807, 2.05) is 19.0 Å². The summed E-state index contributed by atoms with van der Waals surface area (Å²) in [4.78, 5) is 1.99. The zero-order chi connectivity index (χ0) is 11.1. The Morgan fingerprint density at radius 3 is 2.80 bits per heavy atom. The van der Waals surface area contributed by atoms with Gasteiger partial charge in [0.2, 0.25) is 5.13 Å². The number of nitrogens with zero attached hydrogens (tertiary/aromatic N) is 3. The SMILES string of the molecule is CCNCCCSc1nnc(N(C)C)s1. The number of hydrogen-bond acceptors (Lipinski definition) is 6. The van der Waals surface area contributed by atoms with Gasteiger partial charge in [-0.25, -0.2) is 0 Å². The average Bonchev–Trinajstić information content (AvgIpc) is 2.66. The van der Waals surface area contributed by atoms with Gasteiger partial charge in [0.15, 0.2) is 4.34 Å². The zero-order valence-corrected chi connectivity index (χ0v) is 11.1. The lowest BCUT2D eigenvalue weighted by molar-refractivity contribution is 0.707. The summed E-state index contributed by atoms with van der Waals surface area (Å²) >= 11 is 3.44. The second-order valence-corrected chi connectivity index (χ2v) is 5.60. The van der Waals surface area contributed by atoms with Crippen molar-refractivity contribution in [2.75, 3.05) is 37.8 Å². The van der Waals surface area contributed by atoms with Crippen LogP contribution in [0.2, 0.25) is 0 Å². The van der Waals surface area contributed by atoms with Crippen LogP contribution in [0, 0.1) is 0 Å². The van der Waals surface area contributed by atoms with Crippen LogP contribution in [0.1, 0.15) is 13.3 Å². The van der Waals surface area contributed by atoms with Gasteiger partial charge in [0.1, 0.15) is 0 Å². The molecule has 0 saturated heterocycles. The Balaban J connectivity index is 2.20. The molecule has 0 spiro atoms. The summed E-state index contributed by atoms with van der Waals surface area (Å²) < 4.78 is 1.06. The summed E-state index contributed by atoms with van der Waals surface area (Å²) in [5, 5.41) is 12.5. The van der Waals surface area contributed by atoms with Crippen LogP contribution in [0.15, 0.2) is 4.34 Å². The molecule has 0 fully saturated rings. The first-order valence-corrected chi connectivity index (χ1v) is 6.88. The van der Waals surface area contributed by atoms with Crippen molar-refractivity contribution in [3.05, 3.63) is 0 Å². The van der Waals surface area contributed by atoms with Gasteiger partial charge >= 0.3 is 0 Å². The molecule has 86 valence electrons. The molecule has 1 heterocycles. The lowest BCUT2D eigenvalue weighted by Gasteiger charge is -2.03. The van der Waals surface area contributed by atoms with Crippen LogP contribution in [0.25, 0.3) is 0 Å². The number of rotatable bonds is 7. The Bertz CT molecular complexity index is 275. The molecule has 6 heteroatoms. The van der Waals surface area contributed by atoms with Crippen LogP contribution in [0.4, 0.5) is 5.13 Å². The van der Waals surface area contributed by atoms with E-state index in [9.17, 15) is 0 Å². The predicted octanol–water partition coefficient (Wildman–Crippen LogP) is 1.70. The van der Waals surface area contributed by atoms with Crippen LogP contribution in [0.3, 0.4) is 0 Å². The lowest BCUT2D eigenvalue weighted by Crippen LogP contribution is -2.14. The molecule has 0 bridgehead atoms. The van der Waals surface area contributed by atoms with E-state index in [0.29, 0.717) is 0 Å².